The Labute approximate surface area is 234 Å². The van der Waals surface area contributed by atoms with Crippen LogP contribution in [-0.4, -0.2) is 30.2 Å². The van der Waals surface area contributed by atoms with Gasteiger partial charge in [-0.15, -0.1) is 0 Å². The van der Waals surface area contributed by atoms with Crippen molar-refractivity contribution in [2.24, 2.45) is 4.99 Å². The van der Waals surface area contributed by atoms with Gasteiger partial charge in [0.25, 0.3) is 5.56 Å². The maximum atomic E-state index is 13.9. The zero-order chi connectivity index (χ0) is 27.5. The first kappa shape index (κ1) is 27.1. The number of rotatable bonds is 8. The van der Waals surface area contributed by atoms with Crippen molar-refractivity contribution in [3.05, 3.63) is 96.2 Å². The zero-order valence-electron chi connectivity index (χ0n) is 23.3. The number of aromatic nitrogens is 1. The molecule has 6 nitrogen and oxygen atoms in total. The lowest BCUT2D eigenvalue weighted by Gasteiger charge is -2.26. The lowest BCUT2D eigenvalue weighted by molar-refractivity contribution is -0.139. The Morgan fingerprint density at radius 2 is 1.77 bits per heavy atom. The largest absolute Gasteiger partial charge is 0.463 e. The smallest absolute Gasteiger partial charge is 0.338 e. The van der Waals surface area contributed by atoms with E-state index in [2.05, 4.69) is 62.1 Å². The number of carbonyl (C=O) groups excluding carboxylic acids is 1. The highest BCUT2D eigenvalue weighted by molar-refractivity contribution is 7.07. The van der Waals surface area contributed by atoms with Crippen LogP contribution in [0.25, 0.3) is 6.08 Å². The molecule has 0 radical (unpaired) electrons. The minimum absolute atomic E-state index is 0.141. The number of hydrogen-bond acceptors (Lipinski definition) is 6. The summed E-state index contributed by atoms with van der Waals surface area (Å²) < 4.78 is 7.79. The lowest BCUT2D eigenvalue weighted by atomic mass is 9.92. The summed E-state index contributed by atoms with van der Waals surface area (Å²) in [6.07, 6.45) is 5.87. The predicted molar refractivity (Wildman–Crippen MR) is 158 cm³/mol. The fourth-order valence-electron chi connectivity index (χ4n) is 5.41. The van der Waals surface area contributed by atoms with E-state index < -0.39 is 12.0 Å². The van der Waals surface area contributed by atoms with E-state index in [9.17, 15) is 9.59 Å². The van der Waals surface area contributed by atoms with Gasteiger partial charge in [-0.05, 0) is 67.0 Å². The minimum atomic E-state index is -0.581. The molecule has 0 N–H and O–H groups in total. The number of ether oxygens (including phenoxy) is 1. The monoisotopic (exact) mass is 543 g/mol. The number of carbonyl (C=O) groups is 1. The van der Waals surface area contributed by atoms with Crippen LogP contribution < -0.4 is 19.8 Å². The van der Waals surface area contributed by atoms with E-state index in [0.29, 0.717) is 32.9 Å². The van der Waals surface area contributed by atoms with Gasteiger partial charge < -0.3 is 9.64 Å². The van der Waals surface area contributed by atoms with Gasteiger partial charge in [0.05, 0.1) is 28.5 Å². The molecule has 0 saturated carbocycles. The summed E-state index contributed by atoms with van der Waals surface area (Å²) in [5.41, 5.74) is 5.31. The maximum absolute atomic E-state index is 13.9. The summed E-state index contributed by atoms with van der Waals surface area (Å²) >= 11 is 1.38. The molecule has 39 heavy (non-hydrogen) atoms. The second kappa shape index (κ2) is 11.7. The Kier molecular flexibility index (Phi) is 8.17. The number of benzene rings is 2. The van der Waals surface area contributed by atoms with Crippen LogP contribution in [0.15, 0.2) is 69.6 Å². The number of anilines is 1. The average molecular weight is 544 g/mol. The van der Waals surface area contributed by atoms with E-state index in [1.165, 1.54) is 35.4 Å². The molecule has 2 aliphatic heterocycles. The Morgan fingerprint density at radius 3 is 2.38 bits per heavy atom. The molecular formula is C32H37N3O3S. The second-order valence-electron chi connectivity index (χ2n) is 10.5. The van der Waals surface area contributed by atoms with E-state index in [0.717, 1.165) is 30.6 Å². The van der Waals surface area contributed by atoms with Crippen LogP contribution in [0.4, 0.5) is 5.69 Å². The van der Waals surface area contributed by atoms with Crippen molar-refractivity contribution in [1.29, 1.82) is 0 Å². The molecule has 0 amide bonds. The van der Waals surface area contributed by atoms with Gasteiger partial charge >= 0.3 is 5.97 Å². The second-order valence-corrected chi connectivity index (χ2v) is 11.5. The SMILES string of the molecule is CCCC1=C(C(=O)OCC)[C@@H](c2ccc(C(C)C)cc2)n2c(s/c(=C/c3ccc(N4CCCC4)cc3)c2=O)=N1. The molecule has 0 unspecified atom stereocenters. The van der Waals surface area contributed by atoms with Crippen molar-refractivity contribution in [3.8, 4) is 0 Å². The van der Waals surface area contributed by atoms with E-state index in [-0.39, 0.29) is 12.2 Å². The van der Waals surface area contributed by atoms with Crippen molar-refractivity contribution < 1.29 is 9.53 Å². The molecule has 3 aromatic rings. The molecule has 0 spiro atoms. The van der Waals surface area contributed by atoms with Crippen LogP contribution in [-0.2, 0) is 9.53 Å². The first-order valence-electron chi connectivity index (χ1n) is 14.1. The molecule has 7 heteroatoms. The van der Waals surface area contributed by atoms with Crippen molar-refractivity contribution in [2.45, 2.75) is 65.3 Å². The van der Waals surface area contributed by atoms with Crippen LogP contribution in [0.2, 0.25) is 0 Å². The van der Waals surface area contributed by atoms with Gasteiger partial charge in [0.2, 0.25) is 0 Å². The highest BCUT2D eigenvalue weighted by Gasteiger charge is 2.34. The summed E-state index contributed by atoms with van der Waals surface area (Å²) in [4.78, 5) is 35.2. The van der Waals surface area contributed by atoms with Gasteiger partial charge in [0, 0.05) is 18.8 Å². The molecule has 0 bridgehead atoms. The van der Waals surface area contributed by atoms with Gasteiger partial charge in [0.15, 0.2) is 4.80 Å². The molecule has 0 aliphatic carbocycles. The van der Waals surface area contributed by atoms with E-state index in [1.54, 1.807) is 11.5 Å². The van der Waals surface area contributed by atoms with Crippen molar-refractivity contribution in [2.75, 3.05) is 24.6 Å². The van der Waals surface area contributed by atoms with Gasteiger partial charge in [0.1, 0.15) is 0 Å². The first-order chi connectivity index (χ1) is 18.9. The molecule has 1 aromatic heterocycles. The fraction of sp³-hybridized carbons (Fsp3) is 0.406. The van der Waals surface area contributed by atoms with Crippen molar-refractivity contribution >= 4 is 29.1 Å². The average Bonchev–Trinajstić information content (AvgIpc) is 3.57. The van der Waals surface area contributed by atoms with Crippen LogP contribution >= 0.6 is 11.3 Å². The minimum Gasteiger partial charge on any atom is -0.463 e. The maximum Gasteiger partial charge on any atom is 0.338 e. The summed E-state index contributed by atoms with van der Waals surface area (Å²) in [6.45, 7) is 10.6. The number of thiazole rings is 1. The number of allylic oxidation sites excluding steroid dienone is 1. The predicted octanol–water partition coefficient (Wildman–Crippen LogP) is 5.30. The summed E-state index contributed by atoms with van der Waals surface area (Å²) in [5.74, 6) is -0.0250. The summed E-state index contributed by atoms with van der Waals surface area (Å²) in [7, 11) is 0. The highest BCUT2D eigenvalue weighted by Crippen LogP contribution is 2.33. The highest BCUT2D eigenvalue weighted by atomic mass is 32.1. The number of fused-ring (bicyclic) bond motifs is 1. The summed E-state index contributed by atoms with van der Waals surface area (Å²) in [5, 5.41) is 0. The van der Waals surface area contributed by atoms with E-state index in [4.69, 9.17) is 9.73 Å². The fourth-order valence-corrected chi connectivity index (χ4v) is 6.43. The van der Waals surface area contributed by atoms with Gasteiger partial charge in [-0.3, -0.25) is 9.36 Å². The van der Waals surface area contributed by atoms with E-state index >= 15 is 0 Å². The lowest BCUT2D eigenvalue weighted by Crippen LogP contribution is -2.40. The molecular weight excluding hydrogens is 506 g/mol. The molecule has 1 atom stereocenters. The normalized spacial score (nSPS) is 17.5. The van der Waals surface area contributed by atoms with Crippen LogP contribution in [0.3, 0.4) is 0 Å². The molecule has 2 aromatic carbocycles. The third kappa shape index (κ3) is 5.50. The van der Waals surface area contributed by atoms with Crippen LogP contribution in [0.1, 0.15) is 82.0 Å². The third-order valence-electron chi connectivity index (χ3n) is 7.47. The van der Waals surface area contributed by atoms with Gasteiger partial charge in [-0.2, -0.15) is 0 Å². The first-order valence-corrected chi connectivity index (χ1v) is 14.9. The summed E-state index contributed by atoms with van der Waals surface area (Å²) in [6, 6.07) is 16.0. The topological polar surface area (TPSA) is 63.9 Å². The Hall–Kier alpha value is -3.45. The molecule has 1 fully saturated rings. The standard InChI is InChI=1S/C32H37N3O3S/c1-5-9-26-28(31(37)38-6-2)29(24-14-12-23(13-15-24)21(3)4)35-30(36)27(39-32(35)33-26)20-22-10-16-25(17-11-22)34-18-7-8-19-34/h10-17,20-21,29H,5-9,18-19H2,1-4H3/b27-20+/t29-/m1/s1. The van der Waals surface area contributed by atoms with Crippen molar-refractivity contribution in [3.63, 3.8) is 0 Å². The van der Waals surface area contributed by atoms with Gasteiger partial charge in [-0.25, -0.2) is 9.79 Å². The van der Waals surface area contributed by atoms with Crippen LogP contribution in [0, 0.1) is 0 Å². The molecule has 204 valence electrons. The number of hydrogen-bond donors (Lipinski definition) is 0. The molecule has 3 heterocycles. The van der Waals surface area contributed by atoms with E-state index in [1.807, 2.05) is 18.2 Å². The number of esters is 1. The Morgan fingerprint density at radius 1 is 1.08 bits per heavy atom. The van der Waals surface area contributed by atoms with Crippen molar-refractivity contribution in [1.82, 2.24) is 4.57 Å². The van der Waals surface area contributed by atoms with Gasteiger partial charge in [-0.1, -0.05) is 74.9 Å². The van der Waals surface area contributed by atoms with Crippen LogP contribution in [0.5, 0.6) is 0 Å². The molecule has 2 aliphatic rings. The molecule has 1 saturated heterocycles. The Balaban J connectivity index is 1.64. The Bertz CT molecular complexity index is 1540. The quantitative estimate of drug-likeness (QED) is 0.362. The third-order valence-corrected chi connectivity index (χ3v) is 8.46. The number of nitrogens with zero attached hydrogens (tertiary/aromatic N) is 3. The zero-order valence-corrected chi connectivity index (χ0v) is 24.1. The molecule has 5 rings (SSSR count).